The van der Waals surface area contributed by atoms with Crippen molar-refractivity contribution >= 4 is 10.0 Å². The van der Waals surface area contributed by atoms with Gasteiger partial charge < -0.3 is 4.57 Å². The van der Waals surface area contributed by atoms with Gasteiger partial charge in [0.1, 0.15) is 12.2 Å². The fraction of sp³-hybridized carbons (Fsp3) is 0.857. The molecule has 6 nitrogen and oxygen atoms in total. The highest BCUT2D eigenvalue weighted by Gasteiger charge is 2.32. The first-order chi connectivity index (χ1) is 9.58. The molecule has 0 aromatic carbocycles. The van der Waals surface area contributed by atoms with Crippen molar-refractivity contribution in [1.29, 1.82) is 0 Å². The van der Waals surface area contributed by atoms with Crippen molar-refractivity contribution in [1.82, 2.24) is 19.1 Å². The first kappa shape index (κ1) is 18.1. The van der Waals surface area contributed by atoms with Crippen molar-refractivity contribution in [2.24, 2.45) is 13.0 Å². The summed E-state index contributed by atoms with van der Waals surface area (Å²) in [5.74, 6) is 1.34. The van der Waals surface area contributed by atoms with Gasteiger partial charge in [-0.05, 0) is 26.2 Å². The average Bonchev–Trinajstić information content (AvgIpc) is 2.72. The number of sulfonamides is 1. The van der Waals surface area contributed by atoms with Crippen LogP contribution in [0.15, 0.2) is 6.33 Å². The normalized spacial score (nSPS) is 14.6. The Kier molecular flexibility index (Phi) is 5.92. The van der Waals surface area contributed by atoms with E-state index in [0.29, 0.717) is 5.92 Å². The summed E-state index contributed by atoms with van der Waals surface area (Å²) >= 11 is 0. The number of hydrogen-bond acceptors (Lipinski definition) is 4. The van der Waals surface area contributed by atoms with Crippen LogP contribution in [0.2, 0.25) is 0 Å². The molecule has 0 saturated carbocycles. The lowest BCUT2D eigenvalue weighted by Crippen LogP contribution is -2.45. The van der Waals surface area contributed by atoms with Crippen LogP contribution in [0.3, 0.4) is 0 Å². The van der Waals surface area contributed by atoms with E-state index >= 15 is 0 Å². The second-order valence-electron chi connectivity index (χ2n) is 6.46. The third-order valence-corrected chi connectivity index (χ3v) is 5.60. The Morgan fingerprint density at radius 1 is 1.43 bits per heavy atom. The third-order valence-electron chi connectivity index (χ3n) is 4.11. The molecule has 1 aromatic rings. The molecule has 0 aliphatic rings. The number of hydrogen-bond donors (Lipinski definition) is 0. The summed E-state index contributed by atoms with van der Waals surface area (Å²) in [6.45, 7) is 6.11. The zero-order valence-electron chi connectivity index (χ0n) is 14.0. The van der Waals surface area contributed by atoms with Gasteiger partial charge in [0.05, 0.1) is 6.26 Å². The molecule has 21 heavy (non-hydrogen) atoms. The number of aromatic nitrogens is 3. The summed E-state index contributed by atoms with van der Waals surface area (Å²) < 4.78 is 27.0. The molecule has 0 bridgehead atoms. The standard InChI is InChI=1S/C14H28N4O2S/c1-7-8-12(9-13-16-15-11-17(13)4)10-14(2,3)18(5)21(6,19)20/h11-12H,7-10H2,1-6H3. The molecule has 1 heterocycles. The number of nitrogens with zero attached hydrogens (tertiary/aromatic N) is 4. The molecule has 0 radical (unpaired) electrons. The van der Waals surface area contributed by atoms with E-state index in [4.69, 9.17) is 0 Å². The Morgan fingerprint density at radius 2 is 2.05 bits per heavy atom. The van der Waals surface area contributed by atoms with Gasteiger partial charge in [-0.25, -0.2) is 8.42 Å². The van der Waals surface area contributed by atoms with Crippen LogP contribution in [0.25, 0.3) is 0 Å². The van der Waals surface area contributed by atoms with Crippen LogP contribution in [0.4, 0.5) is 0 Å². The lowest BCUT2D eigenvalue weighted by atomic mass is 9.85. The minimum atomic E-state index is -3.19. The van der Waals surface area contributed by atoms with Crippen LogP contribution in [-0.4, -0.2) is 46.3 Å². The topological polar surface area (TPSA) is 68.1 Å². The fourth-order valence-electron chi connectivity index (χ4n) is 2.72. The van der Waals surface area contributed by atoms with Crippen LogP contribution in [0.1, 0.15) is 45.9 Å². The van der Waals surface area contributed by atoms with E-state index in [1.54, 1.807) is 13.4 Å². The second kappa shape index (κ2) is 6.87. The van der Waals surface area contributed by atoms with Crippen molar-refractivity contribution in [3.63, 3.8) is 0 Å². The average molecular weight is 316 g/mol. The van der Waals surface area contributed by atoms with E-state index in [1.807, 2.05) is 25.5 Å². The minimum absolute atomic E-state index is 0.386. The smallest absolute Gasteiger partial charge is 0.211 e. The highest BCUT2D eigenvalue weighted by molar-refractivity contribution is 7.88. The van der Waals surface area contributed by atoms with E-state index in [-0.39, 0.29) is 0 Å². The molecule has 0 aliphatic heterocycles. The molecular weight excluding hydrogens is 288 g/mol. The van der Waals surface area contributed by atoms with Gasteiger partial charge in [0.15, 0.2) is 0 Å². The quantitative estimate of drug-likeness (QED) is 0.734. The van der Waals surface area contributed by atoms with Crippen LogP contribution in [0.5, 0.6) is 0 Å². The summed E-state index contributed by atoms with van der Waals surface area (Å²) in [5.41, 5.74) is -0.411. The molecule has 7 heteroatoms. The highest BCUT2D eigenvalue weighted by atomic mass is 32.2. The summed E-state index contributed by atoms with van der Waals surface area (Å²) in [7, 11) is 0.399. The van der Waals surface area contributed by atoms with Crippen LogP contribution in [0, 0.1) is 5.92 Å². The van der Waals surface area contributed by atoms with E-state index in [1.165, 1.54) is 10.6 Å². The predicted octanol–water partition coefficient (Wildman–Crippen LogP) is 1.83. The SMILES string of the molecule is CCCC(Cc1nncn1C)CC(C)(C)N(C)S(C)(=O)=O. The van der Waals surface area contributed by atoms with E-state index in [0.717, 1.165) is 31.5 Å². The van der Waals surface area contributed by atoms with E-state index < -0.39 is 15.6 Å². The van der Waals surface area contributed by atoms with Crippen LogP contribution >= 0.6 is 0 Å². The molecular formula is C14H28N4O2S. The molecule has 122 valence electrons. The van der Waals surface area contributed by atoms with Gasteiger partial charge in [-0.15, -0.1) is 10.2 Å². The van der Waals surface area contributed by atoms with Crippen molar-refractivity contribution in [2.75, 3.05) is 13.3 Å². The molecule has 0 saturated heterocycles. The van der Waals surface area contributed by atoms with Crippen molar-refractivity contribution in [3.8, 4) is 0 Å². The first-order valence-corrected chi connectivity index (χ1v) is 9.19. The Labute approximate surface area is 128 Å². The summed E-state index contributed by atoms with van der Waals surface area (Å²) in [6, 6.07) is 0. The Hall–Kier alpha value is -0.950. The zero-order valence-corrected chi connectivity index (χ0v) is 14.8. The molecule has 0 spiro atoms. The van der Waals surface area contributed by atoms with Gasteiger partial charge in [0, 0.05) is 26.1 Å². The molecule has 1 aromatic heterocycles. The summed E-state index contributed by atoms with van der Waals surface area (Å²) in [5, 5.41) is 8.05. The number of rotatable bonds is 8. The van der Waals surface area contributed by atoms with Gasteiger partial charge >= 0.3 is 0 Å². The zero-order chi connectivity index (χ0) is 16.3. The Bertz CT molecular complexity index is 551. The molecule has 1 atom stereocenters. The monoisotopic (exact) mass is 316 g/mol. The maximum Gasteiger partial charge on any atom is 0.211 e. The molecule has 0 N–H and O–H groups in total. The molecule has 0 amide bonds. The van der Waals surface area contributed by atoms with E-state index in [2.05, 4.69) is 17.1 Å². The molecule has 0 fully saturated rings. The third kappa shape index (κ3) is 5.07. The maximum absolute atomic E-state index is 11.8. The second-order valence-corrected chi connectivity index (χ2v) is 8.48. The van der Waals surface area contributed by atoms with Gasteiger partial charge in [-0.3, -0.25) is 0 Å². The summed E-state index contributed by atoms with van der Waals surface area (Å²) in [6.07, 6.45) is 6.70. The van der Waals surface area contributed by atoms with Crippen LogP contribution in [-0.2, 0) is 23.5 Å². The van der Waals surface area contributed by atoms with Crippen molar-refractivity contribution in [3.05, 3.63) is 12.2 Å². The lowest BCUT2D eigenvalue weighted by Gasteiger charge is -2.36. The number of aryl methyl sites for hydroxylation is 1. The maximum atomic E-state index is 11.8. The predicted molar refractivity (Wildman–Crippen MR) is 84.4 cm³/mol. The largest absolute Gasteiger partial charge is 0.321 e. The van der Waals surface area contributed by atoms with Crippen LogP contribution < -0.4 is 0 Å². The van der Waals surface area contributed by atoms with Gasteiger partial charge in [0.2, 0.25) is 10.0 Å². The van der Waals surface area contributed by atoms with Gasteiger partial charge in [-0.1, -0.05) is 19.8 Å². The minimum Gasteiger partial charge on any atom is -0.321 e. The van der Waals surface area contributed by atoms with E-state index in [9.17, 15) is 8.42 Å². The first-order valence-electron chi connectivity index (χ1n) is 7.34. The summed E-state index contributed by atoms with van der Waals surface area (Å²) in [4.78, 5) is 0. The lowest BCUT2D eigenvalue weighted by molar-refractivity contribution is 0.203. The van der Waals surface area contributed by atoms with Gasteiger partial charge in [0.25, 0.3) is 0 Å². The molecule has 1 unspecified atom stereocenters. The highest BCUT2D eigenvalue weighted by Crippen LogP contribution is 2.28. The van der Waals surface area contributed by atoms with Crippen molar-refractivity contribution in [2.45, 2.75) is 52.0 Å². The molecule has 0 aliphatic carbocycles. The van der Waals surface area contributed by atoms with Crippen molar-refractivity contribution < 1.29 is 8.42 Å². The fourth-order valence-corrected chi connectivity index (χ4v) is 3.69. The Morgan fingerprint density at radius 3 is 2.48 bits per heavy atom. The van der Waals surface area contributed by atoms with Gasteiger partial charge in [-0.2, -0.15) is 4.31 Å². The molecule has 1 rings (SSSR count). The Balaban J connectivity index is 2.85.